The third-order valence-electron chi connectivity index (χ3n) is 5.84. The van der Waals surface area contributed by atoms with Crippen molar-refractivity contribution in [2.75, 3.05) is 52.1 Å². The molecule has 4 rings (SSSR count). The lowest BCUT2D eigenvalue weighted by Crippen LogP contribution is -2.46. The summed E-state index contributed by atoms with van der Waals surface area (Å²) in [5.41, 5.74) is 8.05. The summed E-state index contributed by atoms with van der Waals surface area (Å²) >= 11 is 6.36. The number of nitrogens with zero attached hydrogens (tertiary/aromatic N) is 4. The average Bonchev–Trinajstić information content (AvgIpc) is 3.66. The fraction of sp³-hybridized carbons (Fsp3) is 0.348. The lowest BCUT2D eigenvalue weighted by atomic mass is 10.1. The molecule has 6 N–H and O–H groups in total. The van der Waals surface area contributed by atoms with Crippen LogP contribution in [0, 0.1) is 11.2 Å². The highest BCUT2D eigenvalue weighted by Gasteiger charge is 2.25. The van der Waals surface area contributed by atoms with E-state index < -0.39 is 5.82 Å². The van der Waals surface area contributed by atoms with Gasteiger partial charge in [-0.15, -0.1) is 0 Å². The molecule has 0 spiro atoms. The van der Waals surface area contributed by atoms with Gasteiger partial charge in [-0.05, 0) is 24.7 Å². The second-order valence-corrected chi connectivity index (χ2v) is 8.73. The Morgan fingerprint density at radius 1 is 1.32 bits per heavy atom. The van der Waals surface area contributed by atoms with Crippen LogP contribution in [0.1, 0.15) is 17.2 Å². The number of nitrogens with one attached hydrogen (secondary N) is 4. The minimum absolute atomic E-state index is 0.135. The Morgan fingerprint density at radius 2 is 2.06 bits per heavy atom. The number of aliphatic imine (C=N–C) groups is 1. The van der Waals surface area contributed by atoms with E-state index in [-0.39, 0.29) is 22.6 Å². The minimum Gasteiger partial charge on any atom is -0.384 e. The van der Waals surface area contributed by atoms with Crippen molar-refractivity contribution in [1.29, 1.82) is 5.41 Å². The van der Waals surface area contributed by atoms with Gasteiger partial charge in [-0.25, -0.2) is 14.4 Å². The highest BCUT2D eigenvalue weighted by Crippen LogP contribution is 2.35. The number of nitrogens with two attached hydrogens (primary N) is 1. The van der Waals surface area contributed by atoms with Gasteiger partial charge in [-0.3, -0.25) is 0 Å². The maximum Gasteiger partial charge on any atom is 0.156 e. The zero-order chi connectivity index (χ0) is 24.2. The first-order valence-corrected chi connectivity index (χ1v) is 11.4. The van der Waals surface area contributed by atoms with Crippen molar-refractivity contribution < 1.29 is 4.39 Å². The molecule has 0 bridgehead atoms. The lowest BCUT2D eigenvalue weighted by molar-refractivity contribution is 0.180. The van der Waals surface area contributed by atoms with Crippen LogP contribution >= 0.6 is 11.6 Å². The van der Waals surface area contributed by atoms with Gasteiger partial charge in [0.1, 0.15) is 17.5 Å². The van der Waals surface area contributed by atoms with Gasteiger partial charge in [0.25, 0.3) is 0 Å². The summed E-state index contributed by atoms with van der Waals surface area (Å²) in [6, 6.07) is 4.96. The summed E-state index contributed by atoms with van der Waals surface area (Å²) in [6.45, 7) is 4.52. The molecule has 180 valence electrons. The molecule has 9 nitrogen and oxygen atoms in total. The number of pyridine rings is 1. The molecule has 0 radical (unpaired) electrons. The molecule has 2 fully saturated rings. The van der Waals surface area contributed by atoms with Crippen LogP contribution in [0.25, 0.3) is 0 Å². The second kappa shape index (κ2) is 10.4. The predicted molar refractivity (Wildman–Crippen MR) is 135 cm³/mol. The number of likely N-dealkylation sites (N-methyl/N-ethyl adjacent to an activating group) is 1. The molecule has 1 unspecified atom stereocenters. The number of piperazine rings is 1. The van der Waals surface area contributed by atoms with Crippen LogP contribution in [0.5, 0.6) is 0 Å². The molecule has 1 aromatic heterocycles. The first-order valence-electron chi connectivity index (χ1n) is 11.0. The molecule has 2 saturated heterocycles. The zero-order valence-corrected chi connectivity index (χ0v) is 20.0. The molecular weight excluding hydrogens is 457 g/mol. The van der Waals surface area contributed by atoms with Gasteiger partial charge in [0.2, 0.25) is 0 Å². The molecular formula is C23H29ClFN9. The number of amidine groups is 1. The Balaban J connectivity index is 1.57. The van der Waals surface area contributed by atoms with Crippen LogP contribution in [-0.2, 0) is 0 Å². The van der Waals surface area contributed by atoms with Crippen LogP contribution in [0.2, 0.25) is 5.02 Å². The molecule has 0 aliphatic carbocycles. The van der Waals surface area contributed by atoms with E-state index in [9.17, 15) is 4.39 Å². The Bertz CT molecular complexity index is 1100. The quantitative estimate of drug-likeness (QED) is 0.221. The summed E-state index contributed by atoms with van der Waals surface area (Å²) < 4.78 is 14.8. The van der Waals surface area contributed by atoms with E-state index in [0.717, 1.165) is 50.3 Å². The molecule has 1 aromatic carbocycles. The first kappa shape index (κ1) is 23.9. The van der Waals surface area contributed by atoms with E-state index in [1.54, 1.807) is 18.2 Å². The molecule has 2 aromatic rings. The van der Waals surface area contributed by atoms with Crippen molar-refractivity contribution in [3.05, 3.63) is 58.3 Å². The van der Waals surface area contributed by atoms with Crippen molar-refractivity contribution in [1.82, 2.24) is 25.4 Å². The third kappa shape index (κ3) is 5.64. The summed E-state index contributed by atoms with van der Waals surface area (Å²) in [6.07, 6.45) is 4.39. The number of halogens is 2. The highest BCUT2D eigenvalue weighted by molar-refractivity contribution is 6.33. The predicted octanol–water partition coefficient (Wildman–Crippen LogP) is 2.56. The standard InChI is InChI=1S/C23H29ClFN9/c1-28-22(34-5-3-33(2)4-6-34)10-20(27)32-21-9-18(15(11-26)12-30-21)31-23-16(24)7-14(8-17(23)25)19-13-29-19/h7-12,19,26,28-29H,3-6,13H2,1-2H3,(H3,27,30,31,32)/b22-10+,26-11?. The van der Waals surface area contributed by atoms with Gasteiger partial charge in [-0.2, -0.15) is 0 Å². The maximum absolute atomic E-state index is 14.8. The maximum atomic E-state index is 14.8. The van der Waals surface area contributed by atoms with E-state index in [1.807, 2.05) is 7.05 Å². The average molecular weight is 486 g/mol. The van der Waals surface area contributed by atoms with Crippen molar-refractivity contribution in [3.63, 3.8) is 0 Å². The summed E-state index contributed by atoms with van der Waals surface area (Å²) in [5.74, 6) is 1.01. The molecule has 0 amide bonds. The number of hydrogen-bond acceptors (Lipinski definition) is 8. The third-order valence-corrected chi connectivity index (χ3v) is 6.14. The number of benzene rings is 1. The van der Waals surface area contributed by atoms with Gasteiger partial charge in [0.15, 0.2) is 5.82 Å². The monoisotopic (exact) mass is 485 g/mol. The van der Waals surface area contributed by atoms with Crippen LogP contribution in [0.3, 0.4) is 0 Å². The number of anilines is 2. The fourth-order valence-corrected chi connectivity index (χ4v) is 4.02. The molecule has 2 aliphatic heterocycles. The smallest absolute Gasteiger partial charge is 0.156 e. The Kier molecular flexibility index (Phi) is 7.30. The van der Waals surface area contributed by atoms with Crippen LogP contribution in [-0.4, -0.2) is 73.7 Å². The van der Waals surface area contributed by atoms with Gasteiger partial charge in [-0.1, -0.05) is 11.6 Å². The molecule has 2 aliphatic rings. The van der Waals surface area contributed by atoms with Crippen LogP contribution < -0.4 is 21.7 Å². The zero-order valence-electron chi connectivity index (χ0n) is 19.2. The van der Waals surface area contributed by atoms with Crippen molar-refractivity contribution in [3.8, 4) is 0 Å². The first-order chi connectivity index (χ1) is 16.4. The SMILES string of the molecule is CN/C(=C\C(N)=Nc1cc(Nc2c(F)cc(C3CN3)cc2Cl)c(C=N)cn1)N1CCN(C)CC1. The topological polar surface area (TPSA) is 128 Å². The molecule has 34 heavy (non-hydrogen) atoms. The molecule has 3 heterocycles. The van der Waals surface area contributed by atoms with Gasteiger partial charge in [0, 0.05) is 75.9 Å². The summed E-state index contributed by atoms with van der Waals surface area (Å²) in [5, 5.41) is 17.3. The van der Waals surface area contributed by atoms with E-state index in [4.69, 9.17) is 22.7 Å². The number of rotatable bonds is 8. The molecule has 1 atom stereocenters. The summed E-state index contributed by atoms with van der Waals surface area (Å²) in [7, 11) is 3.95. The number of hydrogen-bond donors (Lipinski definition) is 5. The highest BCUT2D eigenvalue weighted by atomic mass is 35.5. The van der Waals surface area contributed by atoms with E-state index in [2.05, 4.69) is 42.8 Å². The van der Waals surface area contributed by atoms with Crippen molar-refractivity contribution in [2.24, 2.45) is 10.7 Å². The van der Waals surface area contributed by atoms with E-state index in [0.29, 0.717) is 17.1 Å². The van der Waals surface area contributed by atoms with Gasteiger partial charge in [0.05, 0.1) is 16.4 Å². The largest absolute Gasteiger partial charge is 0.384 e. The molecule has 0 saturated carbocycles. The van der Waals surface area contributed by atoms with Crippen LogP contribution in [0.15, 0.2) is 41.3 Å². The summed E-state index contributed by atoms with van der Waals surface area (Å²) in [4.78, 5) is 13.2. The van der Waals surface area contributed by atoms with Crippen molar-refractivity contribution in [2.45, 2.75) is 6.04 Å². The Hall–Kier alpha value is -3.21. The Labute approximate surface area is 203 Å². The Morgan fingerprint density at radius 3 is 2.68 bits per heavy atom. The second-order valence-electron chi connectivity index (χ2n) is 8.33. The van der Waals surface area contributed by atoms with Gasteiger partial charge < -0.3 is 36.9 Å². The normalized spacial score (nSPS) is 19.2. The van der Waals surface area contributed by atoms with Crippen LogP contribution in [0.4, 0.5) is 21.6 Å². The van der Waals surface area contributed by atoms with Crippen molar-refractivity contribution >= 4 is 40.8 Å². The van der Waals surface area contributed by atoms with Gasteiger partial charge >= 0.3 is 0 Å². The molecule has 11 heteroatoms. The number of aromatic nitrogens is 1. The van der Waals surface area contributed by atoms with E-state index in [1.165, 1.54) is 12.3 Å². The minimum atomic E-state index is -0.470. The van der Waals surface area contributed by atoms with E-state index >= 15 is 0 Å². The lowest BCUT2D eigenvalue weighted by Gasteiger charge is -2.35. The fourth-order valence-electron chi connectivity index (χ4n) is 3.76.